The van der Waals surface area contributed by atoms with Gasteiger partial charge in [-0.05, 0) is 37.5 Å². The van der Waals surface area contributed by atoms with E-state index in [2.05, 4.69) is 40.4 Å². The fraction of sp³-hybridized carbons (Fsp3) is 0.667. The first kappa shape index (κ1) is 24.6. The first-order valence-electron chi connectivity index (χ1n) is 10.9. The molecule has 2 saturated heterocycles. The lowest BCUT2D eigenvalue weighted by Gasteiger charge is -2.41. The molecule has 6 nitrogen and oxygen atoms in total. The largest absolute Gasteiger partial charge is 0.413 e. The van der Waals surface area contributed by atoms with Gasteiger partial charge in [-0.25, -0.2) is 0 Å². The Balaban J connectivity index is 1.80. The summed E-state index contributed by atoms with van der Waals surface area (Å²) in [5, 5.41) is 11.6. The van der Waals surface area contributed by atoms with E-state index in [4.69, 9.17) is 23.4 Å². The number of fused-ring (bicyclic) bond motifs is 1. The standard InChI is InChI=1S/C24H38O6Si/c1-9-24(25,16-27-31(7,8)22(2,3)4)20-18(26-15-17-13-11-10-12-14-17)19-21(28-20)30-23(5,6)29-19/h9-14,18-21,25H,1,15-16H2,2-8H3/t18-,19-,20+,21-,24+/m1/s1. The maximum absolute atomic E-state index is 11.6. The van der Waals surface area contributed by atoms with E-state index in [1.54, 1.807) is 0 Å². The lowest BCUT2D eigenvalue weighted by molar-refractivity contribution is -0.241. The highest BCUT2D eigenvalue weighted by Gasteiger charge is 2.60. The van der Waals surface area contributed by atoms with Gasteiger partial charge in [-0.1, -0.05) is 57.2 Å². The van der Waals surface area contributed by atoms with Crippen molar-refractivity contribution in [1.29, 1.82) is 0 Å². The summed E-state index contributed by atoms with van der Waals surface area (Å²) in [5.74, 6) is -0.779. The summed E-state index contributed by atoms with van der Waals surface area (Å²) in [4.78, 5) is 0. The van der Waals surface area contributed by atoms with Gasteiger partial charge in [0.05, 0.1) is 13.2 Å². The average Bonchev–Trinajstić information content (AvgIpc) is 3.16. The van der Waals surface area contributed by atoms with Crippen LogP contribution in [0.25, 0.3) is 0 Å². The van der Waals surface area contributed by atoms with Crippen LogP contribution in [0, 0.1) is 0 Å². The molecular weight excluding hydrogens is 412 g/mol. The van der Waals surface area contributed by atoms with Gasteiger partial charge in [0.2, 0.25) is 0 Å². The van der Waals surface area contributed by atoms with Gasteiger partial charge in [-0.15, -0.1) is 6.58 Å². The third kappa shape index (κ3) is 5.30. The predicted molar refractivity (Wildman–Crippen MR) is 122 cm³/mol. The maximum atomic E-state index is 11.6. The van der Waals surface area contributed by atoms with Crippen molar-refractivity contribution >= 4 is 8.32 Å². The van der Waals surface area contributed by atoms with Gasteiger partial charge in [-0.3, -0.25) is 0 Å². The second kappa shape index (κ2) is 8.70. The van der Waals surface area contributed by atoms with Crippen LogP contribution in [0.15, 0.2) is 43.0 Å². The second-order valence-electron chi connectivity index (χ2n) is 10.5. The molecule has 0 bridgehead atoms. The Kier molecular flexibility index (Phi) is 6.90. The fourth-order valence-electron chi connectivity index (χ4n) is 3.60. The van der Waals surface area contributed by atoms with Gasteiger partial charge < -0.3 is 28.5 Å². The van der Waals surface area contributed by atoms with E-state index in [9.17, 15) is 5.11 Å². The van der Waals surface area contributed by atoms with Crippen LogP contribution in [0.3, 0.4) is 0 Å². The van der Waals surface area contributed by atoms with E-state index < -0.39 is 44.3 Å². The Morgan fingerprint density at radius 1 is 1.16 bits per heavy atom. The zero-order chi connectivity index (χ0) is 23.1. The van der Waals surface area contributed by atoms with E-state index >= 15 is 0 Å². The SMILES string of the molecule is C=C[C@](O)(CO[Si](C)(C)C(C)(C)C)[C@H]1O[C@@H]2OC(C)(C)O[C@@H]2[C@H]1OCc1ccccc1. The van der Waals surface area contributed by atoms with E-state index in [0.29, 0.717) is 6.61 Å². The van der Waals surface area contributed by atoms with Crippen LogP contribution in [-0.4, -0.2) is 56.0 Å². The molecule has 0 aliphatic carbocycles. The maximum Gasteiger partial charge on any atom is 0.192 e. The minimum atomic E-state index is -2.09. The van der Waals surface area contributed by atoms with Crippen molar-refractivity contribution in [2.45, 2.75) is 95.3 Å². The number of aliphatic hydroxyl groups is 1. The third-order valence-electron chi connectivity index (χ3n) is 6.59. The summed E-state index contributed by atoms with van der Waals surface area (Å²) in [6.45, 7) is 18.8. The van der Waals surface area contributed by atoms with Gasteiger partial charge in [0, 0.05) is 0 Å². The zero-order valence-corrected chi connectivity index (χ0v) is 20.9. The van der Waals surface area contributed by atoms with Crippen LogP contribution in [-0.2, 0) is 30.0 Å². The monoisotopic (exact) mass is 450 g/mol. The van der Waals surface area contributed by atoms with Crippen LogP contribution in [0.5, 0.6) is 0 Å². The molecule has 2 aliphatic rings. The summed E-state index contributed by atoms with van der Waals surface area (Å²) < 4.78 is 30.8. The number of rotatable bonds is 8. The van der Waals surface area contributed by atoms with Gasteiger partial charge >= 0.3 is 0 Å². The van der Waals surface area contributed by atoms with E-state index in [0.717, 1.165) is 5.56 Å². The summed E-state index contributed by atoms with van der Waals surface area (Å²) in [6.07, 6.45) is -0.860. The highest BCUT2D eigenvalue weighted by Crippen LogP contribution is 2.43. The van der Waals surface area contributed by atoms with Gasteiger partial charge in [0.15, 0.2) is 20.4 Å². The average molecular weight is 451 g/mol. The van der Waals surface area contributed by atoms with Crippen molar-refractivity contribution in [3.05, 3.63) is 48.6 Å². The molecule has 1 aromatic rings. The molecule has 0 aromatic heterocycles. The summed E-state index contributed by atoms with van der Waals surface area (Å²) in [5.41, 5.74) is -0.416. The molecule has 1 N–H and O–H groups in total. The number of hydrogen-bond acceptors (Lipinski definition) is 6. The summed E-state index contributed by atoms with van der Waals surface area (Å²) in [7, 11) is -2.09. The number of ether oxygens (including phenoxy) is 4. The van der Waals surface area contributed by atoms with Crippen LogP contribution in [0.2, 0.25) is 18.1 Å². The molecule has 5 atom stereocenters. The Morgan fingerprint density at radius 2 is 1.81 bits per heavy atom. The topological polar surface area (TPSA) is 66.4 Å². The quantitative estimate of drug-likeness (QED) is 0.468. The molecule has 31 heavy (non-hydrogen) atoms. The molecule has 0 spiro atoms. The number of benzene rings is 1. The molecule has 2 fully saturated rings. The molecule has 0 radical (unpaired) electrons. The normalized spacial score (nSPS) is 30.1. The smallest absolute Gasteiger partial charge is 0.192 e. The van der Waals surface area contributed by atoms with Crippen LogP contribution in [0.4, 0.5) is 0 Å². The Hall–Kier alpha value is -1.06. The van der Waals surface area contributed by atoms with E-state index in [1.165, 1.54) is 6.08 Å². The van der Waals surface area contributed by atoms with Crippen LogP contribution < -0.4 is 0 Å². The highest BCUT2D eigenvalue weighted by molar-refractivity contribution is 6.74. The molecule has 174 valence electrons. The fourth-order valence-corrected chi connectivity index (χ4v) is 4.63. The predicted octanol–water partition coefficient (Wildman–Crippen LogP) is 4.39. The molecule has 1 aromatic carbocycles. The van der Waals surface area contributed by atoms with Crippen molar-refractivity contribution in [2.75, 3.05) is 6.61 Å². The second-order valence-corrected chi connectivity index (χ2v) is 15.3. The van der Waals surface area contributed by atoms with Gasteiger partial charge in [0.25, 0.3) is 0 Å². The third-order valence-corrected chi connectivity index (χ3v) is 11.1. The summed E-state index contributed by atoms with van der Waals surface area (Å²) >= 11 is 0. The van der Waals surface area contributed by atoms with Gasteiger partial charge in [0.1, 0.15) is 23.9 Å². The Labute approximate surface area is 187 Å². The molecular formula is C24H38O6Si. The van der Waals surface area contributed by atoms with Crippen molar-refractivity contribution < 1.29 is 28.5 Å². The molecule has 0 saturated carbocycles. The first-order chi connectivity index (χ1) is 14.3. The minimum absolute atomic E-state index is 0.0155. The van der Waals surface area contributed by atoms with Crippen molar-refractivity contribution in [2.24, 2.45) is 0 Å². The molecule has 7 heteroatoms. The molecule has 2 aliphatic heterocycles. The van der Waals surface area contributed by atoms with E-state index in [-0.39, 0.29) is 11.6 Å². The van der Waals surface area contributed by atoms with Crippen molar-refractivity contribution in [3.8, 4) is 0 Å². The number of hydrogen-bond donors (Lipinski definition) is 1. The lowest BCUT2D eigenvalue weighted by Crippen LogP contribution is -2.55. The lowest BCUT2D eigenvalue weighted by atomic mass is 9.92. The van der Waals surface area contributed by atoms with Crippen molar-refractivity contribution in [3.63, 3.8) is 0 Å². The zero-order valence-electron chi connectivity index (χ0n) is 19.9. The highest BCUT2D eigenvalue weighted by atomic mass is 28.4. The first-order valence-corrected chi connectivity index (χ1v) is 13.9. The minimum Gasteiger partial charge on any atom is -0.413 e. The molecule has 0 unspecified atom stereocenters. The summed E-state index contributed by atoms with van der Waals surface area (Å²) in [6, 6.07) is 9.90. The van der Waals surface area contributed by atoms with Crippen LogP contribution >= 0.6 is 0 Å². The van der Waals surface area contributed by atoms with Crippen molar-refractivity contribution in [1.82, 2.24) is 0 Å². The molecule has 0 amide bonds. The Morgan fingerprint density at radius 3 is 2.39 bits per heavy atom. The van der Waals surface area contributed by atoms with E-state index in [1.807, 2.05) is 44.2 Å². The van der Waals surface area contributed by atoms with Gasteiger partial charge in [-0.2, -0.15) is 0 Å². The van der Waals surface area contributed by atoms with Crippen LogP contribution in [0.1, 0.15) is 40.2 Å². The molecule has 2 heterocycles. The molecule has 3 rings (SSSR count). The Bertz CT molecular complexity index is 759.